The fourth-order valence-corrected chi connectivity index (χ4v) is 1.04. The molecule has 1 rings (SSSR count). The van der Waals surface area contributed by atoms with Crippen LogP contribution in [0, 0.1) is 0 Å². The summed E-state index contributed by atoms with van der Waals surface area (Å²) in [5.41, 5.74) is 12.2. The summed E-state index contributed by atoms with van der Waals surface area (Å²) < 4.78 is 0. The summed E-state index contributed by atoms with van der Waals surface area (Å²) >= 11 is 0. The van der Waals surface area contributed by atoms with E-state index in [0.717, 1.165) is 0 Å². The smallest absolute Gasteiger partial charge is 0.142 e. The van der Waals surface area contributed by atoms with Gasteiger partial charge >= 0.3 is 0 Å². The van der Waals surface area contributed by atoms with Crippen LogP contribution < -0.4 is 16.4 Å². The van der Waals surface area contributed by atoms with E-state index in [2.05, 4.69) is 16.5 Å². The Morgan fingerprint density at radius 2 is 2.08 bits per heavy atom. The summed E-state index contributed by atoms with van der Waals surface area (Å²) in [4.78, 5) is 9.71. The summed E-state index contributed by atoms with van der Waals surface area (Å²) in [6, 6.07) is 0. The predicted octanol–water partition coefficient (Wildman–Crippen LogP) is 0.0542. The molecule has 1 aromatic rings. The zero-order valence-electron chi connectivity index (χ0n) is 7.78. The van der Waals surface area contributed by atoms with Gasteiger partial charge in [0.1, 0.15) is 18.0 Å². The Hall–Kier alpha value is -1.78. The Balaban J connectivity index is 3.34. The fraction of sp³-hybridized carbons (Fsp3) is 0.250. The molecule has 4 N–H and O–H groups in total. The first-order chi connectivity index (χ1) is 6.04. The highest BCUT2D eigenvalue weighted by atomic mass is 15.2. The van der Waals surface area contributed by atoms with E-state index in [0.29, 0.717) is 22.9 Å². The number of nitrogens with zero attached hydrogens (tertiary/aromatic N) is 3. The maximum Gasteiger partial charge on any atom is 0.142 e. The maximum absolute atomic E-state index is 5.64. The molecule has 70 valence electrons. The van der Waals surface area contributed by atoms with Gasteiger partial charge < -0.3 is 16.4 Å². The van der Waals surface area contributed by atoms with Gasteiger partial charge in [0.05, 0.1) is 5.56 Å². The molecule has 5 nitrogen and oxygen atoms in total. The average molecular weight is 179 g/mol. The van der Waals surface area contributed by atoms with Gasteiger partial charge in [0.15, 0.2) is 0 Å². The molecule has 0 unspecified atom stereocenters. The number of anilines is 2. The van der Waals surface area contributed by atoms with E-state index in [1.807, 2.05) is 19.0 Å². The lowest BCUT2D eigenvalue weighted by Crippen LogP contribution is -2.16. The highest BCUT2D eigenvalue weighted by molar-refractivity contribution is 5.78. The molecule has 0 fully saturated rings. The molecule has 0 spiro atoms. The minimum absolute atomic E-state index is 0.353. The maximum atomic E-state index is 5.64. The van der Waals surface area contributed by atoms with Crippen molar-refractivity contribution in [1.29, 1.82) is 0 Å². The lowest BCUT2D eigenvalue weighted by Gasteiger charge is -2.16. The zero-order valence-corrected chi connectivity index (χ0v) is 7.78. The van der Waals surface area contributed by atoms with Crippen LogP contribution in [-0.2, 0) is 0 Å². The third-order valence-corrected chi connectivity index (χ3v) is 1.60. The number of nitrogen functional groups attached to an aromatic ring is 1. The van der Waals surface area contributed by atoms with Crippen LogP contribution in [0.1, 0.15) is 5.56 Å². The van der Waals surface area contributed by atoms with E-state index in [1.54, 1.807) is 0 Å². The first kappa shape index (κ1) is 9.31. The number of rotatable bonds is 2. The topological polar surface area (TPSA) is 81.1 Å². The van der Waals surface area contributed by atoms with E-state index in [9.17, 15) is 0 Å². The molecule has 0 atom stereocenters. The van der Waals surface area contributed by atoms with Crippen molar-refractivity contribution in [3.05, 3.63) is 18.5 Å². The van der Waals surface area contributed by atoms with Gasteiger partial charge in [0.25, 0.3) is 0 Å². The van der Waals surface area contributed by atoms with Crippen LogP contribution in [0.3, 0.4) is 0 Å². The number of aromatic nitrogens is 2. The predicted molar refractivity (Wildman–Crippen MR) is 54.0 cm³/mol. The molecule has 1 aromatic heterocycles. The molecule has 0 radical (unpaired) electrons. The summed E-state index contributed by atoms with van der Waals surface area (Å²) in [7, 11) is 3.71. The Kier molecular flexibility index (Phi) is 2.36. The van der Waals surface area contributed by atoms with Gasteiger partial charge in [-0.05, 0) is 0 Å². The van der Waals surface area contributed by atoms with E-state index in [-0.39, 0.29) is 0 Å². The summed E-state index contributed by atoms with van der Waals surface area (Å²) in [6.07, 6.45) is 1.40. The molecular formula is C8H13N5. The SMILES string of the molecule is C=C(N)c1c(N)ncnc1N(C)C. The zero-order chi connectivity index (χ0) is 10.0. The molecule has 0 amide bonds. The second-order valence-electron chi connectivity index (χ2n) is 2.88. The van der Waals surface area contributed by atoms with Crippen molar-refractivity contribution < 1.29 is 0 Å². The molecule has 0 aromatic carbocycles. The fourth-order valence-electron chi connectivity index (χ4n) is 1.04. The molecule has 0 aliphatic rings. The Morgan fingerprint density at radius 1 is 1.46 bits per heavy atom. The summed E-state index contributed by atoms with van der Waals surface area (Å²) in [5.74, 6) is 1.03. The number of hydrogen-bond acceptors (Lipinski definition) is 5. The van der Waals surface area contributed by atoms with Gasteiger partial charge in [0.2, 0.25) is 0 Å². The normalized spacial score (nSPS) is 9.69. The van der Waals surface area contributed by atoms with Gasteiger partial charge in [-0.1, -0.05) is 6.58 Å². The molecule has 13 heavy (non-hydrogen) atoms. The van der Waals surface area contributed by atoms with Crippen LogP contribution in [-0.4, -0.2) is 24.1 Å². The number of nitrogens with two attached hydrogens (primary N) is 2. The minimum Gasteiger partial charge on any atom is -0.399 e. The average Bonchev–Trinajstić information content (AvgIpc) is 2.02. The second-order valence-corrected chi connectivity index (χ2v) is 2.88. The van der Waals surface area contributed by atoms with Gasteiger partial charge in [-0.15, -0.1) is 0 Å². The van der Waals surface area contributed by atoms with E-state index >= 15 is 0 Å². The van der Waals surface area contributed by atoms with Crippen molar-refractivity contribution in [3.63, 3.8) is 0 Å². The largest absolute Gasteiger partial charge is 0.399 e. The van der Waals surface area contributed by atoms with Crippen molar-refractivity contribution in [2.75, 3.05) is 24.7 Å². The first-order valence-corrected chi connectivity index (χ1v) is 3.76. The molecule has 5 heteroatoms. The third-order valence-electron chi connectivity index (χ3n) is 1.60. The molecule has 0 saturated heterocycles. The summed E-state index contributed by atoms with van der Waals surface area (Å²) in [5, 5.41) is 0. The molecule has 1 heterocycles. The molecule has 0 aliphatic heterocycles. The lowest BCUT2D eigenvalue weighted by atomic mass is 10.2. The minimum atomic E-state index is 0.353. The van der Waals surface area contributed by atoms with Crippen molar-refractivity contribution in [2.45, 2.75) is 0 Å². The van der Waals surface area contributed by atoms with Crippen molar-refractivity contribution in [3.8, 4) is 0 Å². The first-order valence-electron chi connectivity index (χ1n) is 3.76. The van der Waals surface area contributed by atoms with E-state index in [1.165, 1.54) is 6.33 Å². The van der Waals surface area contributed by atoms with Gasteiger partial charge in [-0.2, -0.15) is 0 Å². The monoisotopic (exact) mass is 179 g/mol. The third kappa shape index (κ3) is 1.69. The van der Waals surface area contributed by atoms with E-state index in [4.69, 9.17) is 11.5 Å². The molecule has 0 aliphatic carbocycles. The standard InChI is InChI=1S/C8H13N5/c1-5(9)6-7(10)11-4-12-8(6)13(2)3/h4H,1,9H2,2-3H3,(H2,10,11,12). The summed E-state index contributed by atoms with van der Waals surface area (Å²) in [6.45, 7) is 3.62. The van der Waals surface area contributed by atoms with Crippen LogP contribution in [0.15, 0.2) is 12.9 Å². The quantitative estimate of drug-likeness (QED) is 0.670. The van der Waals surface area contributed by atoms with Gasteiger partial charge in [-0.25, -0.2) is 9.97 Å². The van der Waals surface area contributed by atoms with Crippen LogP contribution >= 0.6 is 0 Å². The van der Waals surface area contributed by atoms with Crippen molar-refractivity contribution >= 4 is 17.3 Å². The van der Waals surface area contributed by atoms with Crippen LogP contribution in [0.2, 0.25) is 0 Å². The lowest BCUT2D eigenvalue weighted by molar-refractivity contribution is 1.03. The van der Waals surface area contributed by atoms with E-state index < -0.39 is 0 Å². The second kappa shape index (κ2) is 3.30. The van der Waals surface area contributed by atoms with Crippen LogP contribution in [0.4, 0.5) is 11.6 Å². The van der Waals surface area contributed by atoms with Crippen molar-refractivity contribution in [2.24, 2.45) is 5.73 Å². The van der Waals surface area contributed by atoms with Gasteiger partial charge in [-0.3, -0.25) is 0 Å². The Labute approximate surface area is 77.1 Å². The van der Waals surface area contributed by atoms with Crippen LogP contribution in [0.25, 0.3) is 5.70 Å². The van der Waals surface area contributed by atoms with Crippen LogP contribution in [0.5, 0.6) is 0 Å². The Bertz CT molecular complexity index is 331. The highest BCUT2D eigenvalue weighted by Crippen LogP contribution is 2.23. The van der Waals surface area contributed by atoms with Gasteiger partial charge in [0, 0.05) is 19.8 Å². The molecule has 0 saturated carbocycles. The highest BCUT2D eigenvalue weighted by Gasteiger charge is 2.11. The Morgan fingerprint density at radius 3 is 2.46 bits per heavy atom. The molecule has 0 bridgehead atoms. The van der Waals surface area contributed by atoms with Crippen molar-refractivity contribution in [1.82, 2.24) is 9.97 Å². The number of hydrogen-bond donors (Lipinski definition) is 2. The molecular weight excluding hydrogens is 166 g/mol.